The first-order valence-corrected chi connectivity index (χ1v) is 9.00. The van der Waals surface area contributed by atoms with Crippen molar-refractivity contribution >= 4 is 17.4 Å². The summed E-state index contributed by atoms with van der Waals surface area (Å²) in [6.07, 6.45) is 3.06. The average Bonchev–Trinajstić information content (AvgIpc) is 2.91. The molecule has 26 heavy (non-hydrogen) atoms. The van der Waals surface area contributed by atoms with E-state index in [0.717, 1.165) is 35.9 Å². The minimum Gasteiger partial charge on any atom is -0.372 e. The Kier molecular flexibility index (Phi) is 5.56. The Balaban J connectivity index is 1.54. The number of aryl methyl sites for hydroxylation is 2. The standard InChI is InChI=1S/C19H26N4O3/c1-12-10-23(11-13(2)25-12)18-7-5-16(9-20-18)21-19(24)8-6-17-14(3)22-26-15(17)4/h5,7,9,12-13H,6,8,10-11H2,1-4H3,(H,21,24). The highest BCUT2D eigenvalue weighted by Crippen LogP contribution is 2.20. The summed E-state index contributed by atoms with van der Waals surface area (Å²) >= 11 is 0. The van der Waals surface area contributed by atoms with Crippen LogP contribution in [0, 0.1) is 13.8 Å². The molecule has 140 valence electrons. The predicted octanol–water partition coefficient (Wildman–Crippen LogP) is 2.87. The normalized spacial score (nSPS) is 20.2. The van der Waals surface area contributed by atoms with Crippen molar-refractivity contribution in [2.75, 3.05) is 23.3 Å². The van der Waals surface area contributed by atoms with Crippen LogP contribution in [0.5, 0.6) is 0 Å². The summed E-state index contributed by atoms with van der Waals surface area (Å²) in [6, 6.07) is 3.83. The van der Waals surface area contributed by atoms with Crippen molar-refractivity contribution in [2.45, 2.75) is 52.7 Å². The van der Waals surface area contributed by atoms with E-state index in [0.29, 0.717) is 18.5 Å². The lowest BCUT2D eigenvalue weighted by Crippen LogP contribution is -2.45. The molecular formula is C19H26N4O3. The summed E-state index contributed by atoms with van der Waals surface area (Å²) < 4.78 is 10.9. The second-order valence-electron chi connectivity index (χ2n) is 6.92. The smallest absolute Gasteiger partial charge is 0.224 e. The third kappa shape index (κ3) is 4.40. The molecule has 1 N–H and O–H groups in total. The van der Waals surface area contributed by atoms with Gasteiger partial charge in [0.1, 0.15) is 11.6 Å². The number of rotatable bonds is 5. The lowest BCUT2D eigenvalue weighted by molar-refractivity contribution is -0.116. The van der Waals surface area contributed by atoms with Crippen LogP contribution in [0.25, 0.3) is 0 Å². The predicted molar refractivity (Wildman–Crippen MR) is 99.4 cm³/mol. The number of anilines is 2. The third-order valence-electron chi connectivity index (χ3n) is 4.56. The number of carbonyl (C=O) groups excluding carboxylic acids is 1. The van der Waals surface area contributed by atoms with Gasteiger partial charge in [-0.3, -0.25) is 4.79 Å². The quantitative estimate of drug-likeness (QED) is 0.885. The van der Waals surface area contributed by atoms with E-state index in [2.05, 4.69) is 34.2 Å². The van der Waals surface area contributed by atoms with E-state index in [1.165, 1.54) is 0 Å². The summed E-state index contributed by atoms with van der Waals surface area (Å²) in [4.78, 5) is 18.9. The highest BCUT2D eigenvalue weighted by Gasteiger charge is 2.23. The Morgan fingerprint density at radius 1 is 1.27 bits per heavy atom. The van der Waals surface area contributed by atoms with Crippen molar-refractivity contribution in [1.29, 1.82) is 0 Å². The first kappa shape index (κ1) is 18.4. The fourth-order valence-electron chi connectivity index (χ4n) is 3.33. The SMILES string of the molecule is Cc1noc(C)c1CCC(=O)Nc1ccc(N2CC(C)OC(C)C2)nc1. The van der Waals surface area contributed by atoms with Crippen molar-refractivity contribution < 1.29 is 14.1 Å². The lowest BCUT2D eigenvalue weighted by Gasteiger charge is -2.36. The average molecular weight is 358 g/mol. The highest BCUT2D eigenvalue weighted by atomic mass is 16.5. The zero-order chi connectivity index (χ0) is 18.7. The molecule has 0 aliphatic carbocycles. The third-order valence-corrected chi connectivity index (χ3v) is 4.56. The van der Waals surface area contributed by atoms with Gasteiger partial charge in [0.15, 0.2) is 0 Å². The Bertz CT molecular complexity index is 727. The first-order chi connectivity index (χ1) is 12.4. The number of nitrogens with zero attached hydrogens (tertiary/aromatic N) is 3. The van der Waals surface area contributed by atoms with Gasteiger partial charge in [-0.1, -0.05) is 5.16 Å². The molecule has 7 nitrogen and oxygen atoms in total. The zero-order valence-corrected chi connectivity index (χ0v) is 15.8. The summed E-state index contributed by atoms with van der Waals surface area (Å²) in [5.74, 6) is 1.63. The lowest BCUT2D eigenvalue weighted by atomic mass is 10.1. The van der Waals surface area contributed by atoms with Crippen molar-refractivity contribution in [3.05, 3.63) is 35.3 Å². The van der Waals surface area contributed by atoms with Crippen LogP contribution in [-0.2, 0) is 16.0 Å². The number of aromatic nitrogens is 2. The van der Waals surface area contributed by atoms with Gasteiger partial charge >= 0.3 is 0 Å². The maximum Gasteiger partial charge on any atom is 0.224 e. The van der Waals surface area contributed by atoms with Gasteiger partial charge in [0.25, 0.3) is 0 Å². The summed E-state index contributed by atoms with van der Waals surface area (Å²) in [5.41, 5.74) is 2.55. The minimum atomic E-state index is -0.0480. The maximum absolute atomic E-state index is 12.2. The van der Waals surface area contributed by atoms with Gasteiger partial charge in [0.2, 0.25) is 5.91 Å². The van der Waals surface area contributed by atoms with Crippen LogP contribution in [0.4, 0.5) is 11.5 Å². The fraction of sp³-hybridized carbons (Fsp3) is 0.526. The monoisotopic (exact) mass is 358 g/mol. The van der Waals surface area contributed by atoms with Crippen molar-refractivity contribution in [1.82, 2.24) is 10.1 Å². The molecular weight excluding hydrogens is 332 g/mol. The molecule has 0 aromatic carbocycles. The fourth-order valence-corrected chi connectivity index (χ4v) is 3.33. The van der Waals surface area contributed by atoms with E-state index in [1.807, 2.05) is 26.0 Å². The molecule has 0 bridgehead atoms. The van der Waals surface area contributed by atoms with E-state index >= 15 is 0 Å². The Hall–Kier alpha value is -2.41. The molecule has 1 fully saturated rings. The van der Waals surface area contributed by atoms with Crippen molar-refractivity contribution in [2.24, 2.45) is 0 Å². The largest absolute Gasteiger partial charge is 0.372 e. The van der Waals surface area contributed by atoms with Crippen LogP contribution in [0.2, 0.25) is 0 Å². The van der Waals surface area contributed by atoms with E-state index < -0.39 is 0 Å². The van der Waals surface area contributed by atoms with E-state index in [4.69, 9.17) is 9.26 Å². The second kappa shape index (κ2) is 7.86. The van der Waals surface area contributed by atoms with E-state index in [-0.39, 0.29) is 18.1 Å². The van der Waals surface area contributed by atoms with Crippen molar-refractivity contribution in [3.63, 3.8) is 0 Å². The van der Waals surface area contributed by atoms with Crippen molar-refractivity contribution in [3.8, 4) is 0 Å². The van der Waals surface area contributed by atoms with Crippen LogP contribution in [0.15, 0.2) is 22.9 Å². The van der Waals surface area contributed by atoms with Gasteiger partial charge < -0.3 is 19.5 Å². The van der Waals surface area contributed by atoms with E-state index in [9.17, 15) is 4.79 Å². The van der Waals surface area contributed by atoms with Gasteiger partial charge in [-0.15, -0.1) is 0 Å². The molecule has 2 aromatic rings. The topological polar surface area (TPSA) is 80.5 Å². The molecule has 0 radical (unpaired) electrons. The number of pyridine rings is 1. The number of hydrogen-bond acceptors (Lipinski definition) is 6. The molecule has 2 atom stereocenters. The van der Waals surface area contributed by atoms with Gasteiger partial charge in [-0.25, -0.2) is 4.98 Å². The second-order valence-corrected chi connectivity index (χ2v) is 6.92. The molecule has 2 aromatic heterocycles. The number of morpholine rings is 1. The molecule has 1 saturated heterocycles. The number of ether oxygens (including phenoxy) is 1. The number of carbonyl (C=O) groups is 1. The molecule has 0 saturated carbocycles. The highest BCUT2D eigenvalue weighted by molar-refractivity contribution is 5.90. The van der Waals surface area contributed by atoms with Crippen LogP contribution in [0.1, 0.15) is 37.3 Å². The molecule has 3 heterocycles. The van der Waals surface area contributed by atoms with Gasteiger partial charge in [-0.05, 0) is 46.2 Å². The Labute approximate surface area is 153 Å². The summed E-state index contributed by atoms with van der Waals surface area (Å²) in [5, 5.41) is 6.81. The zero-order valence-electron chi connectivity index (χ0n) is 15.8. The summed E-state index contributed by atoms with van der Waals surface area (Å²) in [7, 11) is 0. The number of hydrogen-bond donors (Lipinski definition) is 1. The molecule has 1 aliphatic rings. The Morgan fingerprint density at radius 3 is 2.58 bits per heavy atom. The number of nitrogens with one attached hydrogen (secondary N) is 1. The number of amides is 1. The molecule has 0 spiro atoms. The van der Waals surface area contributed by atoms with Gasteiger partial charge in [-0.2, -0.15) is 0 Å². The van der Waals surface area contributed by atoms with E-state index in [1.54, 1.807) is 6.20 Å². The van der Waals surface area contributed by atoms with Crippen LogP contribution < -0.4 is 10.2 Å². The molecule has 3 rings (SSSR count). The van der Waals surface area contributed by atoms with Crippen LogP contribution in [-0.4, -0.2) is 41.3 Å². The Morgan fingerprint density at radius 2 is 2.00 bits per heavy atom. The maximum atomic E-state index is 12.2. The molecule has 1 aliphatic heterocycles. The van der Waals surface area contributed by atoms with Crippen LogP contribution >= 0.6 is 0 Å². The molecule has 2 unspecified atom stereocenters. The first-order valence-electron chi connectivity index (χ1n) is 9.00. The van der Waals surface area contributed by atoms with Gasteiger partial charge in [0.05, 0.1) is 29.8 Å². The molecule has 7 heteroatoms. The van der Waals surface area contributed by atoms with Crippen LogP contribution in [0.3, 0.4) is 0 Å². The minimum absolute atomic E-state index is 0.0480. The van der Waals surface area contributed by atoms with Gasteiger partial charge in [0, 0.05) is 25.1 Å². The molecule has 1 amide bonds. The summed E-state index contributed by atoms with van der Waals surface area (Å²) in [6.45, 7) is 9.52.